The van der Waals surface area contributed by atoms with Crippen LogP contribution >= 0.6 is 0 Å². The maximum Gasteiger partial charge on any atom is 0.116 e. The second-order valence-electron chi connectivity index (χ2n) is 6.22. The summed E-state index contributed by atoms with van der Waals surface area (Å²) in [6, 6.07) is 0. The van der Waals surface area contributed by atoms with Crippen LogP contribution in [0.4, 0.5) is 4.39 Å². The number of rotatable bonds is 4. The molecule has 1 heteroatoms. The van der Waals surface area contributed by atoms with Gasteiger partial charge in [-0.3, -0.25) is 0 Å². The van der Waals surface area contributed by atoms with E-state index in [0.29, 0.717) is 0 Å². The molecule has 0 nitrogen and oxygen atoms in total. The summed E-state index contributed by atoms with van der Waals surface area (Å²) in [4.78, 5) is 0. The van der Waals surface area contributed by atoms with Gasteiger partial charge in [0, 0.05) is 0 Å². The third kappa shape index (κ3) is 9.78. The van der Waals surface area contributed by atoms with Crippen LogP contribution in [0.2, 0.25) is 0 Å². The van der Waals surface area contributed by atoms with Gasteiger partial charge in [0.25, 0.3) is 0 Å². The fourth-order valence-electron chi connectivity index (χ4n) is 2.63. The van der Waals surface area contributed by atoms with Gasteiger partial charge in [-0.2, -0.15) is 0 Å². The lowest BCUT2D eigenvalue weighted by molar-refractivity contribution is 0.652. The topological polar surface area (TPSA) is 0 Å². The highest BCUT2D eigenvalue weighted by Crippen LogP contribution is 2.18. The fourth-order valence-corrected chi connectivity index (χ4v) is 2.63. The van der Waals surface area contributed by atoms with Crippen LogP contribution in [0.25, 0.3) is 0 Å². The smallest absolute Gasteiger partial charge is 0.116 e. The van der Waals surface area contributed by atoms with E-state index in [0.717, 1.165) is 29.6 Å². The maximum absolute atomic E-state index is 13.4. The molecular weight excluding hydrogens is 319 g/mol. The number of hydrogen-bond acceptors (Lipinski definition) is 0. The molecule has 0 aromatic heterocycles. The van der Waals surface area contributed by atoms with Crippen molar-refractivity contribution < 1.29 is 4.39 Å². The van der Waals surface area contributed by atoms with Crippen molar-refractivity contribution in [3.8, 4) is 0 Å². The summed E-state index contributed by atoms with van der Waals surface area (Å²) in [5.74, 6) is -0.447. The van der Waals surface area contributed by atoms with E-state index in [-0.39, 0.29) is 0 Å². The highest BCUT2D eigenvalue weighted by Gasteiger charge is 2.00. The Kier molecular flexibility index (Phi) is 11.5. The zero-order valence-electron chi connectivity index (χ0n) is 16.0. The van der Waals surface area contributed by atoms with Gasteiger partial charge in [-0.05, 0) is 55.4 Å². The first-order valence-corrected chi connectivity index (χ1v) is 9.40. The third-order valence-electron chi connectivity index (χ3n) is 4.01. The quantitative estimate of drug-likeness (QED) is 0.450. The number of hydrogen-bond donors (Lipinski definition) is 0. The van der Waals surface area contributed by atoms with E-state index in [4.69, 9.17) is 0 Å². The van der Waals surface area contributed by atoms with E-state index in [1.54, 1.807) is 0 Å². The Hall–Kier alpha value is -2.41. The third-order valence-corrected chi connectivity index (χ3v) is 4.01. The predicted molar refractivity (Wildman–Crippen MR) is 115 cm³/mol. The van der Waals surface area contributed by atoms with Crippen molar-refractivity contribution in [3.05, 3.63) is 109 Å². The van der Waals surface area contributed by atoms with Gasteiger partial charge in [0.05, 0.1) is 0 Å². The molecule has 0 unspecified atom stereocenters. The van der Waals surface area contributed by atoms with Crippen molar-refractivity contribution in [2.75, 3.05) is 0 Å². The molecule has 0 fully saturated rings. The molecule has 138 valence electrons. The van der Waals surface area contributed by atoms with Crippen molar-refractivity contribution in [2.45, 2.75) is 45.4 Å². The van der Waals surface area contributed by atoms with Gasteiger partial charge in [0.15, 0.2) is 0 Å². The van der Waals surface area contributed by atoms with Gasteiger partial charge < -0.3 is 0 Å². The predicted octanol–water partition coefficient (Wildman–Crippen LogP) is 8.03. The average Bonchev–Trinajstić information content (AvgIpc) is 2.61. The van der Waals surface area contributed by atoms with E-state index in [1.807, 2.05) is 49.5 Å². The molecule has 0 radical (unpaired) electrons. The van der Waals surface area contributed by atoms with Gasteiger partial charge in [0.2, 0.25) is 0 Å². The molecular formula is C25H31F. The van der Waals surface area contributed by atoms with Gasteiger partial charge in [-0.1, -0.05) is 92.8 Å². The van der Waals surface area contributed by atoms with Gasteiger partial charge in [-0.25, -0.2) is 4.39 Å². The van der Waals surface area contributed by atoms with Gasteiger partial charge in [0.1, 0.15) is 5.83 Å². The standard InChI is InChI=1S/C25H31F/c1-4-16-25(21-22(3)26)24-18-15-13-11-9-7-6-8-10-12-14-17-23(5-2)19-20-24/h4-5,10,12,14-21H,2-3,6-9,11,13H2,1H3/b12-10+,16-4-,17-14+,18-15-,23-19+,24-20+,25-21+. The van der Waals surface area contributed by atoms with Crippen LogP contribution in [0.3, 0.4) is 0 Å². The molecule has 0 atom stereocenters. The van der Waals surface area contributed by atoms with Crippen molar-refractivity contribution in [1.29, 1.82) is 0 Å². The molecule has 1 aliphatic rings. The van der Waals surface area contributed by atoms with Crippen LogP contribution in [0.15, 0.2) is 109 Å². The molecule has 0 heterocycles. The molecule has 0 saturated heterocycles. The highest BCUT2D eigenvalue weighted by molar-refractivity contribution is 5.51. The van der Waals surface area contributed by atoms with Crippen LogP contribution in [-0.2, 0) is 0 Å². The van der Waals surface area contributed by atoms with E-state index in [1.165, 1.54) is 31.8 Å². The first kappa shape index (κ1) is 21.6. The lowest BCUT2D eigenvalue weighted by Crippen LogP contribution is -1.85. The largest absolute Gasteiger partial charge is 0.208 e. The summed E-state index contributed by atoms with van der Waals surface area (Å²) in [7, 11) is 0. The second-order valence-corrected chi connectivity index (χ2v) is 6.22. The first-order chi connectivity index (χ1) is 12.7. The first-order valence-electron chi connectivity index (χ1n) is 9.40. The van der Waals surface area contributed by atoms with Crippen LogP contribution < -0.4 is 0 Å². The van der Waals surface area contributed by atoms with Crippen molar-refractivity contribution in [1.82, 2.24) is 0 Å². The molecule has 0 saturated carbocycles. The molecule has 0 N–H and O–H groups in total. The summed E-state index contributed by atoms with van der Waals surface area (Å²) in [6.07, 6.45) is 30.8. The average molecular weight is 351 g/mol. The lowest BCUT2D eigenvalue weighted by atomic mass is 10.0. The summed E-state index contributed by atoms with van der Waals surface area (Å²) in [5.41, 5.74) is 2.77. The summed E-state index contributed by atoms with van der Waals surface area (Å²) < 4.78 is 13.4. The number of allylic oxidation sites excluding steroid dienone is 16. The molecule has 1 aliphatic carbocycles. The van der Waals surface area contributed by atoms with Crippen LogP contribution in [-0.4, -0.2) is 0 Å². The molecule has 0 aromatic carbocycles. The Morgan fingerprint density at radius 3 is 2.38 bits per heavy atom. The maximum atomic E-state index is 13.4. The lowest BCUT2D eigenvalue weighted by Gasteiger charge is -2.04. The van der Waals surface area contributed by atoms with Crippen LogP contribution in [0.5, 0.6) is 0 Å². The monoisotopic (exact) mass is 350 g/mol. The molecule has 1 rings (SSSR count). The minimum Gasteiger partial charge on any atom is -0.208 e. The van der Waals surface area contributed by atoms with Crippen molar-refractivity contribution in [3.63, 3.8) is 0 Å². The zero-order chi connectivity index (χ0) is 19.0. The fraction of sp³-hybridized carbons (Fsp3) is 0.280. The Morgan fingerprint density at radius 1 is 1.00 bits per heavy atom. The second kappa shape index (κ2) is 13.8. The van der Waals surface area contributed by atoms with Gasteiger partial charge in [-0.15, -0.1) is 0 Å². The summed E-state index contributed by atoms with van der Waals surface area (Å²) in [5, 5.41) is 0. The molecule has 26 heavy (non-hydrogen) atoms. The summed E-state index contributed by atoms with van der Waals surface area (Å²) >= 11 is 0. The van der Waals surface area contributed by atoms with E-state index in [2.05, 4.69) is 37.5 Å². The van der Waals surface area contributed by atoms with Gasteiger partial charge >= 0.3 is 0 Å². The Balaban J connectivity index is 3.24. The van der Waals surface area contributed by atoms with E-state index < -0.39 is 5.83 Å². The summed E-state index contributed by atoms with van der Waals surface area (Å²) in [6.45, 7) is 9.17. The minimum atomic E-state index is -0.447. The molecule has 0 aromatic rings. The number of halogens is 1. The highest BCUT2D eigenvalue weighted by atomic mass is 19.1. The van der Waals surface area contributed by atoms with Crippen LogP contribution in [0, 0.1) is 0 Å². The Bertz CT molecular complexity index is 660. The SMILES string of the molecule is C=CC1=C/C=C(C(/C=C\C)=C/C(=C)F)\C=C/CCCCCC/C=C/C=C/1. The Labute approximate surface area is 158 Å². The zero-order valence-corrected chi connectivity index (χ0v) is 16.0. The Morgan fingerprint density at radius 2 is 1.73 bits per heavy atom. The minimum absolute atomic E-state index is 0.447. The van der Waals surface area contributed by atoms with Crippen molar-refractivity contribution in [2.24, 2.45) is 0 Å². The molecule has 0 spiro atoms. The molecule has 0 amide bonds. The van der Waals surface area contributed by atoms with Crippen molar-refractivity contribution >= 4 is 0 Å². The normalized spacial score (nSPS) is 25.5. The molecule has 0 aliphatic heterocycles. The van der Waals surface area contributed by atoms with Crippen LogP contribution in [0.1, 0.15) is 45.4 Å². The molecule has 0 bridgehead atoms. The van der Waals surface area contributed by atoms with E-state index >= 15 is 0 Å². The van der Waals surface area contributed by atoms with E-state index in [9.17, 15) is 4.39 Å².